The van der Waals surface area contributed by atoms with Crippen LogP contribution in [0, 0.1) is 6.92 Å². The van der Waals surface area contributed by atoms with Crippen molar-refractivity contribution < 1.29 is 35.3 Å². The van der Waals surface area contributed by atoms with Crippen molar-refractivity contribution in [2.45, 2.75) is 12.4 Å². The largest absolute Gasteiger partial charge is 0.534 e. The summed E-state index contributed by atoms with van der Waals surface area (Å²) in [5.74, 6) is -1.03. The normalized spacial score (nSPS) is 11.9. The molecule has 0 spiro atoms. The number of hydrogen-bond acceptors (Lipinski definition) is 5. The molecule has 0 aromatic heterocycles. The molecule has 0 aliphatic heterocycles. The van der Waals surface area contributed by atoms with Gasteiger partial charge in [-0.15, -0.1) is 0 Å². The highest BCUT2D eigenvalue weighted by atomic mass is 32.2. The number of hydrogen-bond donors (Lipinski definition) is 0. The van der Waals surface area contributed by atoms with Gasteiger partial charge in [-0.2, -0.15) is 21.6 Å². The first-order chi connectivity index (χ1) is 11.5. The number of carbonyl (C=O) groups is 1. The van der Waals surface area contributed by atoms with Crippen LogP contribution in [0.15, 0.2) is 42.5 Å². The van der Waals surface area contributed by atoms with Crippen molar-refractivity contribution in [1.82, 2.24) is 0 Å². The van der Waals surface area contributed by atoms with Gasteiger partial charge in [-0.3, -0.25) is 0 Å². The van der Waals surface area contributed by atoms with E-state index in [1.165, 1.54) is 43.5 Å². The zero-order valence-electron chi connectivity index (χ0n) is 13.1. The van der Waals surface area contributed by atoms with E-state index in [4.69, 9.17) is 0 Å². The third-order valence-electron chi connectivity index (χ3n) is 3.24. The molecular weight excluding hydrogens is 361 g/mol. The van der Waals surface area contributed by atoms with E-state index in [9.17, 15) is 26.4 Å². The topological polar surface area (TPSA) is 69.7 Å². The molecule has 0 amide bonds. The van der Waals surface area contributed by atoms with Crippen LogP contribution < -0.4 is 4.18 Å². The van der Waals surface area contributed by atoms with E-state index in [1.54, 1.807) is 13.0 Å². The lowest BCUT2D eigenvalue weighted by Crippen LogP contribution is -2.28. The van der Waals surface area contributed by atoms with Crippen LogP contribution in [0.1, 0.15) is 15.9 Å². The van der Waals surface area contributed by atoms with Crippen LogP contribution in [0.2, 0.25) is 0 Å². The van der Waals surface area contributed by atoms with Crippen molar-refractivity contribution in [3.8, 4) is 16.9 Å². The summed E-state index contributed by atoms with van der Waals surface area (Å²) in [6, 6.07) is 9.92. The van der Waals surface area contributed by atoms with Gasteiger partial charge in [0.1, 0.15) is 0 Å². The van der Waals surface area contributed by atoms with Crippen LogP contribution >= 0.6 is 0 Å². The monoisotopic (exact) mass is 374 g/mol. The molecule has 134 valence electrons. The minimum Gasteiger partial charge on any atom is -0.465 e. The molecule has 2 aromatic rings. The van der Waals surface area contributed by atoms with Crippen molar-refractivity contribution in [3.05, 3.63) is 53.6 Å². The lowest BCUT2D eigenvalue weighted by Gasteiger charge is -2.14. The molecule has 5 nitrogen and oxygen atoms in total. The molecule has 0 N–H and O–H groups in total. The van der Waals surface area contributed by atoms with Crippen LogP contribution in [-0.2, 0) is 14.9 Å². The van der Waals surface area contributed by atoms with Crippen molar-refractivity contribution >= 4 is 16.1 Å². The predicted molar refractivity (Wildman–Crippen MR) is 83.6 cm³/mol. The second-order valence-electron chi connectivity index (χ2n) is 5.05. The number of halogens is 3. The highest BCUT2D eigenvalue weighted by molar-refractivity contribution is 7.88. The summed E-state index contributed by atoms with van der Waals surface area (Å²) >= 11 is 0. The fourth-order valence-electron chi connectivity index (χ4n) is 2.01. The number of rotatable bonds is 4. The zero-order valence-corrected chi connectivity index (χ0v) is 13.9. The van der Waals surface area contributed by atoms with Gasteiger partial charge in [0.2, 0.25) is 0 Å². The van der Waals surface area contributed by atoms with Gasteiger partial charge in [-0.1, -0.05) is 24.3 Å². The van der Waals surface area contributed by atoms with Crippen molar-refractivity contribution in [3.63, 3.8) is 0 Å². The Bertz CT molecular complexity index is 887. The molecule has 0 bridgehead atoms. The third kappa shape index (κ3) is 4.11. The Morgan fingerprint density at radius 1 is 1.04 bits per heavy atom. The van der Waals surface area contributed by atoms with Crippen molar-refractivity contribution in [2.24, 2.45) is 0 Å². The van der Waals surface area contributed by atoms with Gasteiger partial charge in [-0.25, -0.2) is 4.79 Å². The molecule has 0 atom stereocenters. The van der Waals surface area contributed by atoms with Gasteiger partial charge < -0.3 is 8.92 Å². The van der Waals surface area contributed by atoms with Crippen LogP contribution in [-0.4, -0.2) is 27.0 Å². The summed E-state index contributed by atoms with van der Waals surface area (Å²) in [4.78, 5) is 11.4. The smallest absolute Gasteiger partial charge is 0.465 e. The first-order valence-electron chi connectivity index (χ1n) is 6.85. The molecule has 0 fully saturated rings. The maximum Gasteiger partial charge on any atom is 0.534 e. The highest BCUT2D eigenvalue weighted by Gasteiger charge is 2.48. The second kappa shape index (κ2) is 6.75. The van der Waals surface area contributed by atoms with E-state index < -0.39 is 27.3 Å². The second-order valence-corrected chi connectivity index (χ2v) is 6.59. The molecule has 2 rings (SSSR count). The summed E-state index contributed by atoms with van der Waals surface area (Å²) in [5, 5.41) is 0. The number of aryl methyl sites for hydroxylation is 1. The quantitative estimate of drug-likeness (QED) is 0.464. The molecule has 0 saturated heterocycles. The van der Waals surface area contributed by atoms with Crippen LogP contribution in [0.25, 0.3) is 11.1 Å². The van der Waals surface area contributed by atoms with Gasteiger partial charge in [0.25, 0.3) is 0 Å². The van der Waals surface area contributed by atoms with E-state index in [-0.39, 0.29) is 11.1 Å². The Morgan fingerprint density at radius 2 is 1.64 bits per heavy atom. The van der Waals surface area contributed by atoms with Gasteiger partial charge in [0.05, 0.1) is 12.7 Å². The Balaban J connectivity index is 2.48. The van der Waals surface area contributed by atoms with Crippen LogP contribution in [0.5, 0.6) is 5.75 Å². The fraction of sp³-hybridized carbons (Fsp3) is 0.188. The number of esters is 1. The van der Waals surface area contributed by atoms with Crippen LogP contribution in [0.4, 0.5) is 13.2 Å². The number of alkyl halides is 3. The molecule has 25 heavy (non-hydrogen) atoms. The molecule has 0 unspecified atom stereocenters. The number of methoxy groups -OCH3 is 1. The number of carbonyl (C=O) groups excluding carboxylic acids is 1. The van der Waals surface area contributed by atoms with Gasteiger partial charge in [-0.05, 0) is 36.2 Å². The number of benzene rings is 2. The Morgan fingerprint density at radius 3 is 2.16 bits per heavy atom. The Labute approximate surface area is 142 Å². The lowest BCUT2D eigenvalue weighted by molar-refractivity contribution is -0.0499. The Hall–Kier alpha value is -2.55. The minimum absolute atomic E-state index is 0.134. The summed E-state index contributed by atoms with van der Waals surface area (Å²) < 4.78 is 69.1. The predicted octanol–water partition coefficient (Wildman–Crippen LogP) is 3.68. The molecular formula is C16H13F3O5S. The molecule has 9 heteroatoms. The summed E-state index contributed by atoms with van der Waals surface area (Å²) in [7, 11) is -4.59. The standard InChI is InChI=1S/C16H13F3O5S/c1-10-3-8-13(11-4-6-12(7-5-11)15(20)23-2)14(9-10)24-25(21,22)16(17,18)19/h3-9H,1-2H3. The molecule has 0 saturated carbocycles. The first kappa shape index (κ1) is 18.8. The summed E-state index contributed by atoms with van der Waals surface area (Å²) in [6.07, 6.45) is 0. The lowest BCUT2D eigenvalue weighted by atomic mass is 10.0. The van der Waals surface area contributed by atoms with E-state index in [2.05, 4.69) is 8.92 Å². The molecule has 2 aromatic carbocycles. The minimum atomic E-state index is -5.80. The van der Waals surface area contributed by atoms with E-state index in [1.807, 2.05) is 0 Å². The average molecular weight is 374 g/mol. The maximum atomic E-state index is 12.6. The summed E-state index contributed by atoms with van der Waals surface area (Å²) in [5.41, 5.74) is -4.27. The first-order valence-corrected chi connectivity index (χ1v) is 8.26. The average Bonchev–Trinajstić information content (AvgIpc) is 2.53. The third-order valence-corrected chi connectivity index (χ3v) is 4.20. The molecule has 0 aliphatic rings. The molecule has 0 radical (unpaired) electrons. The highest BCUT2D eigenvalue weighted by Crippen LogP contribution is 2.35. The van der Waals surface area contributed by atoms with E-state index >= 15 is 0 Å². The van der Waals surface area contributed by atoms with Gasteiger partial charge in [0, 0.05) is 5.56 Å². The fourth-order valence-corrected chi connectivity index (χ4v) is 2.47. The zero-order chi connectivity index (χ0) is 18.8. The van der Waals surface area contributed by atoms with Gasteiger partial charge in [0.15, 0.2) is 5.75 Å². The Kier molecular flexibility index (Phi) is 5.07. The van der Waals surface area contributed by atoms with Gasteiger partial charge >= 0.3 is 21.6 Å². The maximum absolute atomic E-state index is 12.6. The molecule has 0 aliphatic carbocycles. The molecule has 0 heterocycles. The summed E-state index contributed by atoms with van der Waals surface area (Å²) in [6.45, 7) is 1.58. The van der Waals surface area contributed by atoms with Crippen molar-refractivity contribution in [2.75, 3.05) is 7.11 Å². The van der Waals surface area contributed by atoms with E-state index in [0.717, 1.165) is 0 Å². The van der Waals surface area contributed by atoms with Crippen LogP contribution in [0.3, 0.4) is 0 Å². The number of ether oxygens (including phenoxy) is 1. The SMILES string of the molecule is COC(=O)c1ccc(-c2ccc(C)cc2OS(=O)(=O)C(F)(F)F)cc1. The van der Waals surface area contributed by atoms with Crippen molar-refractivity contribution in [1.29, 1.82) is 0 Å². The van der Waals surface area contributed by atoms with E-state index in [0.29, 0.717) is 11.1 Å².